The van der Waals surface area contributed by atoms with Gasteiger partial charge in [0.15, 0.2) is 0 Å². The zero-order valence-corrected chi connectivity index (χ0v) is 13.5. The second kappa shape index (κ2) is 10.5. The molecule has 0 heterocycles. The third-order valence-corrected chi connectivity index (χ3v) is 2.48. The van der Waals surface area contributed by atoms with E-state index in [1.165, 1.54) is 5.56 Å². The summed E-state index contributed by atoms with van der Waals surface area (Å²) in [7, 11) is 0. The molecule has 0 aliphatic heterocycles. The van der Waals surface area contributed by atoms with Crippen LogP contribution in [0.5, 0.6) is 0 Å². The number of hydrogen-bond donors (Lipinski definition) is 0. The van der Waals surface area contributed by atoms with Crippen molar-refractivity contribution in [2.24, 2.45) is 5.92 Å². The van der Waals surface area contributed by atoms with Crippen molar-refractivity contribution in [1.82, 2.24) is 0 Å². The molecule has 0 bridgehead atoms. The van der Waals surface area contributed by atoms with Crippen LogP contribution in [0.3, 0.4) is 0 Å². The average molecular weight is 264 g/mol. The maximum Gasteiger partial charge on any atom is 1.00 e. The van der Waals surface area contributed by atoms with Gasteiger partial charge < -0.3 is 20.9 Å². The molecule has 0 aliphatic carbocycles. The molecule has 4 nitrogen and oxygen atoms in total. The van der Waals surface area contributed by atoms with Crippen LogP contribution in [0.1, 0.15) is 37.8 Å². The van der Waals surface area contributed by atoms with E-state index in [1.807, 2.05) is 24.3 Å². The zero-order chi connectivity index (χ0) is 11.4. The Morgan fingerprint density at radius 2 is 1.56 bits per heavy atom. The number of carbonyl (C=O) groups excluding carboxylic acids is 1. The third-order valence-electron chi connectivity index (χ3n) is 2.48. The van der Waals surface area contributed by atoms with Crippen LogP contribution in [0.2, 0.25) is 0 Å². The molecule has 1 aromatic rings. The van der Waals surface area contributed by atoms with Crippen molar-refractivity contribution in [1.29, 1.82) is 0 Å². The standard InChI is InChI=1S/C13H18O2.Na.2H2O/c1-9(2)8-11-4-6-12(7-5-11)10(3)13(14)15;;;/h4-7,9-10H,8H2,1-3H3,(H,14,15);;2*1H2/q;+1;;/p-1/t10-;;;/m0.../s1. The summed E-state index contributed by atoms with van der Waals surface area (Å²) in [6.45, 7) is 5.97. The Morgan fingerprint density at radius 1 is 1.11 bits per heavy atom. The minimum Gasteiger partial charge on any atom is -0.550 e. The van der Waals surface area contributed by atoms with E-state index in [9.17, 15) is 9.90 Å². The first-order chi connectivity index (χ1) is 7.00. The van der Waals surface area contributed by atoms with Crippen molar-refractivity contribution in [3.8, 4) is 0 Å². The van der Waals surface area contributed by atoms with Crippen LogP contribution in [0, 0.1) is 5.92 Å². The Morgan fingerprint density at radius 3 is 1.89 bits per heavy atom. The van der Waals surface area contributed by atoms with Gasteiger partial charge in [0, 0.05) is 11.9 Å². The molecule has 1 rings (SSSR count). The van der Waals surface area contributed by atoms with Crippen LogP contribution >= 0.6 is 0 Å². The van der Waals surface area contributed by atoms with Crippen molar-refractivity contribution in [3.05, 3.63) is 35.4 Å². The van der Waals surface area contributed by atoms with E-state index in [2.05, 4.69) is 13.8 Å². The minimum absolute atomic E-state index is 0. The van der Waals surface area contributed by atoms with Gasteiger partial charge in [0.05, 0.1) is 0 Å². The topological polar surface area (TPSA) is 103 Å². The number of carbonyl (C=O) groups is 1. The number of benzene rings is 1. The Kier molecular flexibility index (Phi) is 13.3. The van der Waals surface area contributed by atoms with Crippen molar-refractivity contribution in [3.63, 3.8) is 0 Å². The van der Waals surface area contributed by atoms with Crippen molar-refractivity contribution in [2.75, 3.05) is 0 Å². The van der Waals surface area contributed by atoms with Crippen molar-refractivity contribution >= 4 is 5.97 Å². The minimum atomic E-state index is -1.02. The van der Waals surface area contributed by atoms with E-state index in [4.69, 9.17) is 0 Å². The molecule has 0 fully saturated rings. The molecular formula is C13H21NaO4. The van der Waals surface area contributed by atoms with Crippen LogP contribution in [-0.4, -0.2) is 16.9 Å². The van der Waals surface area contributed by atoms with E-state index in [1.54, 1.807) is 6.92 Å². The smallest absolute Gasteiger partial charge is 0.550 e. The quantitative estimate of drug-likeness (QED) is 0.544. The summed E-state index contributed by atoms with van der Waals surface area (Å²) in [6.07, 6.45) is 1.03. The van der Waals surface area contributed by atoms with Crippen LogP contribution in [0.15, 0.2) is 24.3 Å². The van der Waals surface area contributed by atoms with Crippen LogP contribution in [0.4, 0.5) is 0 Å². The fraction of sp³-hybridized carbons (Fsp3) is 0.462. The molecule has 0 amide bonds. The Hall–Kier alpha value is -0.390. The molecule has 1 atom stereocenters. The molecule has 18 heavy (non-hydrogen) atoms. The number of carboxylic acids is 1. The molecule has 0 unspecified atom stereocenters. The second-order valence-corrected chi connectivity index (χ2v) is 4.38. The number of aliphatic carboxylic acids is 1. The average Bonchev–Trinajstić information content (AvgIpc) is 2.17. The van der Waals surface area contributed by atoms with Gasteiger partial charge in [0.2, 0.25) is 0 Å². The number of hydrogen-bond acceptors (Lipinski definition) is 2. The zero-order valence-electron chi connectivity index (χ0n) is 11.5. The fourth-order valence-electron chi connectivity index (χ4n) is 1.55. The molecule has 0 saturated carbocycles. The van der Waals surface area contributed by atoms with Gasteiger partial charge in [-0.05, 0) is 23.5 Å². The number of rotatable bonds is 4. The first kappa shape index (κ1) is 22.8. The van der Waals surface area contributed by atoms with Gasteiger partial charge >= 0.3 is 29.6 Å². The molecular weight excluding hydrogens is 243 g/mol. The third kappa shape index (κ3) is 7.13. The van der Waals surface area contributed by atoms with Crippen LogP contribution < -0.4 is 34.7 Å². The van der Waals surface area contributed by atoms with E-state index in [0.29, 0.717) is 5.92 Å². The predicted molar refractivity (Wildman–Crippen MR) is 65.6 cm³/mol. The second-order valence-electron chi connectivity index (χ2n) is 4.38. The molecule has 0 aliphatic rings. The van der Waals surface area contributed by atoms with Gasteiger partial charge in [-0.25, -0.2) is 0 Å². The van der Waals surface area contributed by atoms with Gasteiger partial charge in [-0.15, -0.1) is 0 Å². The van der Waals surface area contributed by atoms with Crippen LogP contribution in [0.25, 0.3) is 0 Å². The first-order valence-corrected chi connectivity index (χ1v) is 5.30. The molecule has 4 N–H and O–H groups in total. The fourth-order valence-corrected chi connectivity index (χ4v) is 1.55. The first-order valence-electron chi connectivity index (χ1n) is 5.30. The molecule has 1 aromatic carbocycles. The molecule has 0 spiro atoms. The summed E-state index contributed by atoms with van der Waals surface area (Å²) >= 11 is 0. The Labute approximate surface area is 130 Å². The van der Waals surface area contributed by atoms with Crippen LogP contribution in [-0.2, 0) is 11.2 Å². The molecule has 0 saturated heterocycles. The molecule has 5 heteroatoms. The summed E-state index contributed by atoms with van der Waals surface area (Å²) in [5, 5.41) is 10.7. The van der Waals surface area contributed by atoms with Gasteiger partial charge in [-0.3, -0.25) is 0 Å². The SMILES string of the molecule is CC(C)Cc1ccc([C@H](C)C(=O)[O-])cc1.O.O.[Na+]. The molecule has 0 aromatic heterocycles. The molecule has 0 radical (unpaired) electrons. The Bertz CT molecular complexity index is 335. The van der Waals surface area contributed by atoms with Crippen molar-refractivity contribution in [2.45, 2.75) is 33.1 Å². The van der Waals surface area contributed by atoms with Gasteiger partial charge in [0.25, 0.3) is 0 Å². The normalized spacial score (nSPS) is 10.7. The van der Waals surface area contributed by atoms with Gasteiger partial charge in [-0.1, -0.05) is 45.0 Å². The maximum absolute atomic E-state index is 10.7. The summed E-state index contributed by atoms with van der Waals surface area (Å²) in [5.41, 5.74) is 2.06. The predicted octanol–water partition coefficient (Wildman–Crippen LogP) is -2.91. The monoisotopic (exact) mass is 264 g/mol. The maximum atomic E-state index is 10.7. The summed E-state index contributed by atoms with van der Waals surface area (Å²) < 4.78 is 0. The summed E-state index contributed by atoms with van der Waals surface area (Å²) in [5.74, 6) is -0.931. The number of carboxylic acid groups (broad SMARTS) is 1. The Balaban J connectivity index is -0.000000750. The van der Waals surface area contributed by atoms with E-state index >= 15 is 0 Å². The largest absolute Gasteiger partial charge is 1.00 e. The molecule has 98 valence electrons. The van der Waals surface area contributed by atoms with Gasteiger partial charge in [-0.2, -0.15) is 0 Å². The summed E-state index contributed by atoms with van der Waals surface area (Å²) in [6, 6.07) is 7.74. The van der Waals surface area contributed by atoms with E-state index in [-0.39, 0.29) is 40.5 Å². The van der Waals surface area contributed by atoms with Crippen molar-refractivity contribution < 1.29 is 50.4 Å². The van der Waals surface area contributed by atoms with E-state index in [0.717, 1.165) is 12.0 Å². The van der Waals surface area contributed by atoms with Gasteiger partial charge in [0.1, 0.15) is 0 Å². The summed E-state index contributed by atoms with van der Waals surface area (Å²) in [4.78, 5) is 10.7. The van der Waals surface area contributed by atoms with E-state index < -0.39 is 11.9 Å².